The fourth-order valence-electron chi connectivity index (χ4n) is 5.09. The number of carbonyl (C=O) groups is 2. The van der Waals surface area contributed by atoms with Crippen molar-refractivity contribution in [2.24, 2.45) is 9.98 Å². The summed E-state index contributed by atoms with van der Waals surface area (Å²) in [4.78, 5) is 35.6. The normalized spacial score (nSPS) is 12.2. The van der Waals surface area contributed by atoms with Gasteiger partial charge in [-0.2, -0.15) is 9.98 Å². The zero-order chi connectivity index (χ0) is 31.3. The predicted molar refractivity (Wildman–Crippen MR) is 180 cm³/mol. The first-order chi connectivity index (χ1) is 21.5. The maximum Gasteiger partial charge on any atom is 0.248 e. The number of rotatable bonds is 17. The van der Waals surface area contributed by atoms with Crippen molar-refractivity contribution in [1.82, 2.24) is 9.13 Å². The van der Waals surface area contributed by atoms with Crippen molar-refractivity contribution in [2.75, 3.05) is 13.2 Å². The van der Waals surface area contributed by atoms with Crippen LogP contribution in [0.1, 0.15) is 65.2 Å². The fraction of sp³-hybridized carbons (Fsp3) is 0.412. The second kappa shape index (κ2) is 16.9. The summed E-state index contributed by atoms with van der Waals surface area (Å²) in [5.41, 5.74) is 1.90. The molecule has 2 amide bonds. The van der Waals surface area contributed by atoms with E-state index in [-0.39, 0.29) is 11.8 Å². The lowest BCUT2D eigenvalue weighted by Crippen LogP contribution is -2.16. The molecule has 0 N–H and O–H groups in total. The van der Waals surface area contributed by atoms with E-state index in [9.17, 15) is 9.59 Å². The smallest absolute Gasteiger partial charge is 0.248 e. The van der Waals surface area contributed by atoms with Gasteiger partial charge in [-0.3, -0.25) is 9.59 Å². The van der Waals surface area contributed by atoms with Gasteiger partial charge in [0.15, 0.2) is 9.60 Å². The lowest BCUT2D eigenvalue weighted by Gasteiger charge is -2.08. The quantitative estimate of drug-likeness (QED) is 0.0886. The first-order valence-electron chi connectivity index (χ1n) is 15.4. The van der Waals surface area contributed by atoms with E-state index in [1.54, 1.807) is 0 Å². The molecule has 0 unspecified atom stereocenters. The number of para-hydroxylation sites is 2. The summed E-state index contributed by atoms with van der Waals surface area (Å²) in [6.45, 7) is 13.9. The number of aromatic nitrogens is 2. The molecule has 0 fully saturated rings. The molecule has 0 aliphatic heterocycles. The van der Waals surface area contributed by atoms with Crippen molar-refractivity contribution in [3.63, 3.8) is 0 Å². The van der Waals surface area contributed by atoms with Gasteiger partial charge in [-0.05, 0) is 51.0 Å². The number of hydrogen-bond acceptors (Lipinski definition) is 6. The van der Waals surface area contributed by atoms with Gasteiger partial charge in [-0.1, -0.05) is 72.6 Å². The van der Waals surface area contributed by atoms with Crippen LogP contribution in [0.3, 0.4) is 0 Å². The van der Waals surface area contributed by atoms with Gasteiger partial charge < -0.3 is 18.6 Å². The molecule has 10 heteroatoms. The zero-order valence-corrected chi connectivity index (χ0v) is 27.4. The second-order valence-electron chi connectivity index (χ2n) is 10.3. The number of amides is 2. The van der Waals surface area contributed by atoms with Crippen LogP contribution in [0, 0.1) is 0 Å². The van der Waals surface area contributed by atoms with Crippen molar-refractivity contribution in [2.45, 2.75) is 78.3 Å². The van der Waals surface area contributed by atoms with E-state index in [0.29, 0.717) is 48.7 Å². The van der Waals surface area contributed by atoms with E-state index in [4.69, 9.17) is 9.47 Å². The highest BCUT2D eigenvalue weighted by atomic mass is 32.1. The molecule has 0 saturated carbocycles. The Morgan fingerprint density at radius 1 is 0.705 bits per heavy atom. The maximum atomic E-state index is 12.7. The van der Waals surface area contributed by atoms with Crippen LogP contribution in [-0.2, 0) is 22.7 Å². The molecule has 0 saturated heterocycles. The third kappa shape index (κ3) is 8.45. The Morgan fingerprint density at radius 3 is 1.50 bits per heavy atom. The number of ether oxygens (including phenoxy) is 2. The van der Waals surface area contributed by atoms with Gasteiger partial charge in [0.05, 0.1) is 22.6 Å². The summed E-state index contributed by atoms with van der Waals surface area (Å²) in [6, 6.07) is 11.8. The summed E-state index contributed by atoms with van der Waals surface area (Å²) < 4.78 is 17.7. The zero-order valence-electron chi connectivity index (χ0n) is 25.8. The fourth-order valence-corrected chi connectivity index (χ4v) is 7.24. The minimum atomic E-state index is -0.108. The van der Waals surface area contributed by atoms with Crippen LogP contribution in [0.2, 0.25) is 0 Å². The highest BCUT2D eigenvalue weighted by Crippen LogP contribution is 2.29. The molecular weight excluding hydrogens is 593 g/mol. The van der Waals surface area contributed by atoms with Gasteiger partial charge in [0, 0.05) is 25.9 Å². The number of unbranched alkanes of at least 4 members (excludes halogenated alkanes) is 5. The Labute approximate surface area is 266 Å². The predicted octanol–water partition coefficient (Wildman–Crippen LogP) is 7.56. The molecule has 0 atom stereocenters. The van der Waals surface area contributed by atoms with Crippen LogP contribution in [0.25, 0.3) is 20.4 Å². The average Bonchev–Trinajstić information content (AvgIpc) is 3.53. The van der Waals surface area contributed by atoms with E-state index in [1.165, 1.54) is 22.7 Å². The third-order valence-electron chi connectivity index (χ3n) is 7.02. The van der Waals surface area contributed by atoms with E-state index < -0.39 is 0 Å². The number of carbonyl (C=O) groups excluding carboxylic acids is 2. The van der Waals surface area contributed by atoms with Crippen LogP contribution in [0.15, 0.2) is 71.7 Å². The summed E-state index contributed by atoms with van der Waals surface area (Å²) >= 11 is 2.99. The second-order valence-corrected chi connectivity index (χ2v) is 12.3. The Kier molecular flexibility index (Phi) is 12.7. The topological polar surface area (TPSA) is 87.2 Å². The molecule has 8 nitrogen and oxygen atoms in total. The molecule has 0 spiro atoms. The van der Waals surface area contributed by atoms with E-state index in [1.807, 2.05) is 71.5 Å². The lowest BCUT2D eigenvalue weighted by atomic mass is 10.1. The molecular formula is C34H42N4O4S2. The molecule has 2 aromatic carbocycles. The van der Waals surface area contributed by atoms with Crippen LogP contribution < -0.4 is 19.1 Å². The third-order valence-corrected chi connectivity index (χ3v) is 9.11. The minimum absolute atomic E-state index is 0.108. The first kappa shape index (κ1) is 33.1. The largest absolute Gasteiger partial charge is 0.492 e. The monoisotopic (exact) mass is 634 g/mol. The lowest BCUT2D eigenvalue weighted by molar-refractivity contribution is -0.119. The Balaban J connectivity index is 1.24. The van der Waals surface area contributed by atoms with E-state index in [0.717, 1.165) is 70.5 Å². The molecule has 0 aliphatic rings. The van der Waals surface area contributed by atoms with Gasteiger partial charge in [0.1, 0.15) is 22.5 Å². The number of thiazole rings is 2. The molecule has 0 radical (unpaired) electrons. The van der Waals surface area contributed by atoms with Crippen LogP contribution in [-0.4, -0.2) is 34.2 Å². The van der Waals surface area contributed by atoms with Gasteiger partial charge in [0.25, 0.3) is 0 Å². The Hall–Kier alpha value is -3.76. The van der Waals surface area contributed by atoms with Crippen LogP contribution in [0.4, 0.5) is 0 Å². The Morgan fingerprint density at radius 2 is 1.11 bits per heavy atom. The number of hydrogen-bond donors (Lipinski definition) is 0. The van der Waals surface area contributed by atoms with Gasteiger partial charge >= 0.3 is 0 Å². The SMILES string of the molecule is C=CCn1c(=NC(=O)CCCCCCCCC(=O)N=c2sc3cccc(OCC)c3n2CC=C)sc2cccc(OCC)c21. The van der Waals surface area contributed by atoms with Crippen molar-refractivity contribution < 1.29 is 19.1 Å². The number of nitrogens with zero attached hydrogens (tertiary/aromatic N) is 4. The van der Waals surface area contributed by atoms with Crippen molar-refractivity contribution in [3.8, 4) is 11.5 Å². The molecule has 2 heterocycles. The highest BCUT2D eigenvalue weighted by molar-refractivity contribution is 7.16. The summed E-state index contributed by atoms with van der Waals surface area (Å²) in [5.74, 6) is 1.37. The molecule has 4 rings (SSSR count). The highest BCUT2D eigenvalue weighted by Gasteiger charge is 2.13. The summed E-state index contributed by atoms with van der Waals surface area (Å²) in [7, 11) is 0. The molecule has 4 aromatic rings. The van der Waals surface area contributed by atoms with Gasteiger partial charge in [-0.15, -0.1) is 13.2 Å². The van der Waals surface area contributed by atoms with Gasteiger partial charge in [-0.25, -0.2) is 0 Å². The van der Waals surface area contributed by atoms with E-state index >= 15 is 0 Å². The van der Waals surface area contributed by atoms with Crippen LogP contribution >= 0.6 is 22.7 Å². The number of allylic oxidation sites excluding steroid dienone is 2. The first-order valence-corrected chi connectivity index (χ1v) is 17.0. The molecule has 0 bridgehead atoms. The van der Waals surface area contributed by atoms with Crippen molar-refractivity contribution in [1.29, 1.82) is 0 Å². The molecule has 0 aliphatic carbocycles. The maximum absolute atomic E-state index is 12.7. The van der Waals surface area contributed by atoms with Crippen LogP contribution in [0.5, 0.6) is 11.5 Å². The minimum Gasteiger partial charge on any atom is -0.492 e. The summed E-state index contributed by atoms with van der Waals surface area (Å²) in [5, 5.41) is 0. The molecule has 44 heavy (non-hydrogen) atoms. The summed E-state index contributed by atoms with van der Waals surface area (Å²) in [6.07, 6.45) is 10.0. The molecule has 2 aromatic heterocycles. The van der Waals surface area contributed by atoms with Crippen molar-refractivity contribution >= 4 is 54.9 Å². The number of fused-ring (bicyclic) bond motifs is 2. The average molecular weight is 635 g/mol. The number of benzene rings is 2. The van der Waals surface area contributed by atoms with E-state index in [2.05, 4.69) is 23.1 Å². The van der Waals surface area contributed by atoms with Crippen molar-refractivity contribution in [3.05, 3.63) is 71.3 Å². The standard InChI is InChI=1S/C34H42N4O4S2/c1-5-23-37-31-25(41-7-3)17-15-19-27(31)43-33(37)35-29(39)21-13-11-9-10-12-14-22-30(40)36-34-38(24-6-2)32-26(42-8-4)18-16-20-28(32)44-34/h5-6,15-20H,1-2,7-14,21-24H2,3-4H3. The molecule has 234 valence electrons. The van der Waals surface area contributed by atoms with Gasteiger partial charge in [0.2, 0.25) is 11.8 Å². The Bertz CT molecular complexity index is 1610.